The average Bonchev–Trinajstić information content (AvgIpc) is 2.75. The van der Waals surface area contributed by atoms with Gasteiger partial charge in [0, 0.05) is 28.0 Å². The molecule has 2 amide bonds. The lowest BCUT2D eigenvalue weighted by Gasteiger charge is -2.20. The van der Waals surface area contributed by atoms with Crippen molar-refractivity contribution in [2.24, 2.45) is 5.92 Å². The largest absolute Gasteiger partial charge is 0.339 e. The highest BCUT2D eigenvalue weighted by Crippen LogP contribution is 2.28. The van der Waals surface area contributed by atoms with Gasteiger partial charge >= 0.3 is 0 Å². The van der Waals surface area contributed by atoms with Crippen molar-refractivity contribution in [1.29, 1.82) is 0 Å². The molecule has 6 heteroatoms. The van der Waals surface area contributed by atoms with Crippen LogP contribution in [0.2, 0.25) is 0 Å². The van der Waals surface area contributed by atoms with Crippen LogP contribution in [0.1, 0.15) is 20.3 Å². The maximum absolute atomic E-state index is 12.2. The van der Waals surface area contributed by atoms with E-state index in [-0.39, 0.29) is 30.2 Å². The number of amides is 2. The molecule has 0 spiro atoms. The van der Waals surface area contributed by atoms with Gasteiger partial charge in [-0.2, -0.15) is 0 Å². The Labute approximate surface area is 135 Å². The van der Waals surface area contributed by atoms with Crippen LogP contribution >= 0.6 is 31.9 Å². The lowest BCUT2D eigenvalue weighted by Crippen LogP contribution is -2.33. The van der Waals surface area contributed by atoms with Crippen LogP contribution in [0.25, 0.3) is 0 Å². The summed E-state index contributed by atoms with van der Waals surface area (Å²) < 4.78 is 1.75. The maximum atomic E-state index is 12.2. The Hall–Kier alpha value is -0.880. The van der Waals surface area contributed by atoms with Crippen molar-refractivity contribution >= 4 is 49.4 Å². The first kappa shape index (κ1) is 15.5. The van der Waals surface area contributed by atoms with Crippen molar-refractivity contribution in [3.63, 3.8) is 0 Å². The zero-order valence-corrected chi connectivity index (χ0v) is 14.5. The molecule has 1 aliphatic rings. The Bertz CT molecular complexity index is 546. The van der Waals surface area contributed by atoms with Crippen molar-refractivity contribution < 1.29 is 9.59 Å². The highest BCUT2D eigenvalue weighted by Gasteiger charge is 2.35. The molecule has 1 saturated heterocycles. The van der Waals surface area contributed by atoms with E-state index in [0.29, 0.717) is 12.2 Å². The third-order valence-corrected chi connectivity index (χ3v) is 4.49. The van der Waals surface area contributed by atoms with E-state index in [4.69, 9.17) is 0 Å². The molecule has 0 radical (unpaired) electrons. The average molecular weight is 404 g/mol. The van der Waals surface area contributed by atoms with Crippen LogP contribution in [-0.2, 0) is 9.59 Å². The molecule has 108 valence electrons. The molecule has 1 aromatic carbocycles. The SMILES string of the molecule is CC(C)N1C[C@@H](C(=O)Nc2ccc(Br)cc2Br)CC1=O. The van der Waals surface area contributed by atoms with Crippen molar-refractivity contribution in [3.8, 4) is 0 Å². The molecule has 20 heavy (non-hydrogen) atoms. The first-order valence-electron chi connectivity index (χ1n) is 6.44. The van der Waals surface area contributed by atoms with Crippen LogP contribution < -0.4 is 5.32 Å². The lowest BCUT2D eigenvalue weighted by molar-refractivity contribution is -0.129. The number of halogens is 2. The van der Waals surface area contributed by atoms with Gasteiger partial charge in [0.2, 0.25) is 11.8 Å². The summed E-state index contributed by atoms with van der Waals surface area (Å²) in [6, 6.07) is 5.69. The van der Waals surface area contributed by atoms with Crippen LogP contribution in [0, 0.1) is 5.92 Å². The molecule has 1 aliphatic heterocycles. The number of carbonyl (C=O) groups is 2. The fraction of sp³-hybridized carbons (Fsp3) is 0.429. The molecule has 0 unspecified atom stereocenters. The number of likely N-dealkylation sites (tertiary alicyclic amines) is 1. The summed E-state index contributed by atoms with van der Waals surface area (Å²) in [5.41, 5.74) is 0.716. The first-order chi connectivity index (χ1) is 9.38. The molecule has 1 N–H and O–H groups in total. The quantitative estimate of drug-likeness (QED) is 0.840. The number of nitrogens with zero attached hydrogens (tertiary/aromatic N) is 1. The van der Waals surface area contributed by atoms with Gasteiger partial charge in [0.1, 0.15) is 0 Å². The van der Waals surface area contributed by atoms with E-state index in [9.17, 15) is 9.59 Å². The number of anilines is 1. The molecule has 0 aromatic heterocycles. The molecular weight excluding hydrogens is 388 g/mol. The van der Waals surface area contributed by atoms with Gasteiger partial charge in [-0.3, -0.25) is 9.59 Å². The number of nitrogens with one attached hydrogen (secondary N) is 1. The summed E-state index contributed by atoms with van der Waals surface area (Å²) in [5.74, 6) is -0.333. The Morgan fingerprint density at radius 3 is 2.65 bits per heavy atom. The van der Waals surface area contributed by atoms with Crippen molar-refractivity contribution in [1.82, 2.24) is 4.90 Å². The minimum absolute atomic E-state index is 0.0509. The van der Waals surface area contributed by atoms with E-state index in [0.717, 1.165) is 8.95 Å². The smallest absolute Gasteiger partial charge is 0.229 e. The van der Waals surface area contributed by atoms with Crippen LogP contribution in [0.4, 0.5) is 5.69 Å². The highest BCUT2D eigenvalue weighted by molar-refractivity contribution is 9.11. The predicted molar refractivity (Wildman–Crippen MR) is 85.4 cm³/mol. The van der Waals surface area contributed by atoms with Gasteiger partial charge < -0.3 is 10.2 Å². The maximum Gasteiger partial charge on any atom is 0.229 e. The third kappa shape index (κ3) is 3.41. The van der Waals surface area contributed by atoms with Gasteiger partial charge in [-0.1, -0.05) is 15.9 Å². The summed E-state index contributed by atoms with van der Waals surface area (Å²) in [7, 11) is 0. The second-order valence-electron chi connectivity index (χ2n) is 5.15. The van der Waals surface area contributed by atoms with Gasteiger partial charge in [-0.25, -0.2) is 0 Å². The molecular formula is C14H16Br2N2O2. The lowest BCUT2D eigenvalue weighted by atomic mass is 10.1. The van der Waals surface area contributed by atoms with E-state index < -0.39 is 0 Å². The molecule has 2 rings (SSSR count). The molecule has 1 fully saturated rings. The van der Waals surface area contributed by atoms with Crippen molar-refractivity contribution in [2.75, 3.05) is 11.9 Å². The molecule has 1 heterocycles. The van der Waals surface area contributed by atoms with Crippen LogP contribution in [0.15, 0.2) is 27.1 Å². The number of carbonyl (C=O) groups excluding carboxylic acids is 2. The summed E-state index contributed by atoms with van der Waals surface area (Å²) in [4.78, 5) is 25.8. The Balaban J connectivity index is 2.04. The number of hydrogen-bond donors (Lipinski definition) is 1. The zero-order chi connectivity index (χ0) is 14.9. The summed E-state index contributed by atoms with van der Waals surface area (Å²) in [6.45, 7) is 4.42. The predicted octanol–water partition coefficient (Wildman–Crippen LogP) is 3.41. The molecule has 0 saturated carbocycles. The van der Waals surface area contributed by atoms with Crippen molar-refractivity contribution in [3.05, 3.63) is 27.1 Å². The number of rotatable bonds is 3. The standard InChI is InChI=1S/C14H16Br2N2O2/c1-8(2)18-7-9(5-13(18)19)14(20)17-12-4-3-10(15)6-11(12)16/h3-4,6,8-9H,5,7H2,1-2H3,(H,17,20)/t9-/m0/s1. The van der Waals surface area contributed by atoms with Gasteiger partial charge in [0.25, 0.3) is 0 Å². The van der Waals surface area contributed by atoms with Gasteiger partial charge in [-0.05, 0) is 48.0 Å². The minimum Gasteiger partial charge on any atom is -0.339 e. The van der Waals surface area contributed by atoms with E-state index >= 15 is 0 Å². The van der Waals surface area contributed by atoms with Crippen LogP contribution in [0.5, 0.6) is 0 Å². The third-order valence-electron chi connectivity index (χ3n) is 3.34. The first-order valence-corrected chi connectivity index (χ1v) is 8.02. The van der Waals surface area contributed by atoms with Gasteiger partial charge in [-0.15, -0.1) is 0 Å². The van der Waals surface area contributed by atoms with Gasteiger partial charge in [0.05, 0.1) is 11.6 Å². The van der Waals surface area contributed by atoms with Crippen LogP contribution in [-0.4, -0.2) is 29.3 Å². The minimum atomic E-state index is -0.277. The fourth-order valence-electron chi connectivity index (χ4n) is 2.23. The Morgan fingerprint density at radius 2 is 2.10 bits per heavy atom. The molecule has 1 atom stereocenters. The van der Waals surface area contributed by atoms with E-state index in [1.807, 2.05) is 32.0 Å². The molecule has 4 nitrogen and oxygen atoms in total. The number of benzene rings is 1. The summed E-state index contributed by atoms with van der Waals surface area (Å²) in [5, 5.41) is 2.87. The topological polar surface area (TPSA) is 49.4 Å². The fourth-order valence-corrected chi connectivity index (χ4v) is 3.38. The van der Waals surface area contributed by atoms with E-state index in [1.165, 1.54) is 0 Å². The highest BCUT2D eigenvalue weighted by atomic mass is 79.9. The van der Waals surface area contributed by atoms with E-state index in [2.05, 4.69) is 37.2 Å². The van der Waals surface area contributed by atoms with Crippen molar-refractivity contribution in [2.45, 2.75) is 26.3 Å². The normalized spacial score (nSPS) is 18.8. The monoisotopic (exact) mass is 402 g/mol. The zero-order valence-electron chi connectivity index (χ0n) is 11.3. The summed E-state index contributed by atoms with van der Waals surface area (Å²) in [6.07, 6.45) is 0.290. The Kier molecular flexibility index (Phi) is 4.86. The molecule has 0 aliphatic carbocycles. The van der Waals surface area contributed by atoms with E-state index in [1.54, 1.807) is 4.90 Å². The number of hydrogen-bond acceptors (Lipinski definition) is 2. The molecule has 0 bridgehead atoms. The summed E-state index contributed by atoms with van der Waals surface area (Å²) >= 11 is 6.78. The van der Waals surface area contributed by atoms with Gasteiger partial charge in [0.15, 0.2) is 0 Å². The molecule has 1 aromatic rings. The van der Waals surface area contributed by atoms with Crippen LogP contribution in [0.3, 0.4) is 0 Å². The second-order valence-corrected chi connectivity index (χ2v) is 6.92. The second kappa shape index (κ2) is 6.26. The Morgan fingerprint density at radius 1 is 1.40 bits per heavy atom.